The van der Waals surface area contributed by atoms with Crippen molar-refractivity contribution in [2.45, 2.75) is 52.1 Å². The quantitative estimate of drug-likeness (QED) is 0.382. The van der Waals surface area contributed by atoms with Gasteiger partial charge in [0.2, 0.25) is 0 Å². The molecule has 0 spiro atoms. The molecule has 1 aromatic carbocycles. The Hall–Kier alpha value is -3.44. The molecule has 0 aliphatic carbocycles. The summed E-state index contributed by atoms with van der Waals surface area (Å²) in [5.74, 6) is 0.507. The highest BCUT2D eigenvalue weighted by Crippen LogP contribution is 2.30. The van der Waals surface area contributed by atoms with Crippen molar-refractivity contribution in [3.05, 3.63) is 41.7 Å². The number of amides is 2. The van der Waals surface area contributed by atoms with Crippen molar-refractivity contribution in [3.63, 3.8) is 0 Å². The Labute approximate surface area is 212 Å². The van der Waals surface area contributed by atoms with Gasteiger partial charge >= 0.3 is 6.09 Å². The molecule has 36 heavy (non-hydrogen) atoms. The van der Waals surface area contributed by atoms with Crippen LogP contribution in [0.25, 0.3) is 0 Å². The lowest BCUT2D eigenvalue weighted by Crippen LogP contribution is -2.41. The Morgan fingerprint density at radius 3 is 2.44 bits per heavy atom. The van der Waals surface area contributed by atoms with Gasteiger partial charge in [0.05, 0.1) is 6.20 Å². The summed E-state index contributed by atoms with van der Waals surface area (Å²) < 4.78 is 5.48. The highest BCUT2D eigenvalue weighted by Gasteiger charge is 2.27. The minimum Gasteiger partial charge on any atom is -0.444 e. The van der Waals surface area contributed by atoms with E-state index in [0.717, 1.165) is 18.5 Å². The molecule has 11 heteroatoms. The molecule has 196 valence electrons. The second-order valence-electron chi connectivity index (χ2n) is 9.77. The Balaban J connectivity index is 1.67. The molecule has 1 aromatic heterocycles. The number of carbonyl (C=O) groups excluding carboxylic acids is 2. The summed E-state index contributed by atoms with van der Waals surface area (Å²) in [6, 6.07) is 7.95. The zero-order valence-corrected chi connectivity index (χ0v) is 21.5. The number of hydrogen-bond donors (Lipinski definition) is 4. The lowest BCUT2D eigenvalue weighted by Gasteiger charge is -2.33. The van der Waals surface area contributed by atoms with Crippen LogP contribution in [0.1, 0.15) is 62.5 Å². The second kappa shape index (κ2) is 12.0. The Kier molecular flexibility index (Phi) is 9.05. The van der Waals surface area contributed by atoms with E-state index in [2.05, 4.69) is 20.8 Å². The number of piperidine rings is 1. The number of ether oxygens (including phenoxy) is 1. The van der Waals surface area contributed by atoms with E-state index in [-0.39, 0.29) is 17.6 Å². The number of carbonyl (C=O) groups is 2. The number of nitrogens with zero attached hydrogens (tertiary/aromatic N) is 4. The molecule has 2 aromatic rings. The zero-order chi connectivity index (χ0) is 26.3. The SMILES string of the molecule is CCN(CCNO)c1cnc(C(N)=O)c(Nc2ccc(C3CCN(C(=O)OC(C)(C)C)CC3)cc2)n1. The molecule has 2 heterocycles. The number of aromatic nitrogens is 2. The standard InChI is InChI=1S/C25H37N7O4/c1-5-31(15-12-28-35)20-16-27-21(22(26)33)23(30-20)29-19-8-6-17(7-9-19)18-10-13-32(14-11-18)24(34)36-25(2,3)4/h6-9,16,18,28,35H,5,10-15H2,1-4H3,(H2,26,33)(H,29,30). The summed E-state index contributed by atoms with van der Waals surface area (Å²) >= 11 is 0. The van der Waals surface area contributed by atoms with Crippen LogP contribution in [0.2, 0.25) is 0 Å². The fourth-order valence-corrected chi connectivity index (χ4v) is 4.12. The minimum absolute atomic E-state index is 0.0497. The van der Waals surface area contributed by atoms with Crippen molar-refractivity contribution in [1.82, 2.24) is 20.3 Å². The fourth-order valence-electron chi connectivity index (χ4n) is 4.12. The minimum atomic E-state index is -0.676. The van der Waals surface area contributed by atoms with Gasteiger partial charge in [-0.1, -0.05) is 12.1 Å². The summed E-state index contributed by atoms with van der Waals surface area (Å²) in [4.78, 5) is 36.7. The van der Waals surface area contributed by atoms with Crippen LogP contribution in [0.15, 0.2) is 30.5 Å². The van der Waals surface area contributed by atoms with E-state index in [1.807, 2.05) is 56.9 Å². The van der Waals surface area contributed by atoms with Crippen molar-refractivity contribution < 1.29 is 19.5 Å². The maximum atomic E-state index is 12.3. The molecule has 5 N–H and O–H groups in total. The largest absolute Gasteiger partial charge is 0.444 e. The molecule has 1 aliphatic heterocycles. The molecular formula is C25H37N7O4. The van der Waals surface area contributed by atoms with Crippen LogP contribution >= 0.6 is 0 Å². The van der Waals surface area contributed by atoms with Crippen LogP contribution < -0.4 is 21.4 Å². The highest BCUT2D eigenvalue weighted by atomic mass is 16.6. The Bertz CT molecular complexity index is 1030. The topological polar surface area (TPSA) is 146 Å². The molecule has 3 rings (SSSR count). The van der Waals surface area contributed by atoms with Crippen LogP contribution in [0, 0.1) is 0 Å². The molecule has 1 saturated heterocycles. The lowest BCUT2D eigenvalue weighted by molar-refractivity contribution is 0.0204. The number of anilines is 3. The molecule has 0 bridgehead atoms. The fraction of sp³-hybridized carbons (Fsp3) is 0.520. The molecule has 2 amide bonds. The molecule has 1 fully saturated rings. The van der Waals surface area contributed by atoms with Gasteiger partial charge in [-0.2, -0.15) is 0 Å². The molecule has 0 unspecified atom stereocenters. The van der Waals surface area contributed by atoms with Crippen LogP contribution in [0.4, 0.5) is 22.1 Å². The summed E-state index contributed by atoms with van der Waals surface area (Å²) in [5, 5.41) is 12.1. The van der Waals surface area contributed by atoms with E-state index in [9.17, 15) is 9.59 Å². The molecule has 0 atom stereocenters. The number of hydroxylamine groups is 1. The first kappa shape index (κ1) is 27.2. The van der Waals surface area contributed by atoms with Gasteiger partial charge in [-0.25, -0.2) is 20.2 Å². The first-order valence-corrected chi connectivity index (χ1v) is 12.2. The van der Waals surface area contributed by atoms with Crippen molar-refractivity contribution in [3.8, 4) is 0 Å². The average molecular weight is 500 g/mol. The highest BCUT2D eigenvalue weighted by molar-refractivity contribution is 5.96. The number of rotatable bonds is 9. The molecule has 11 nitrogen and oxygen atoms in total. The summed E-state index contributed by atoms with van der Waals surface area (Å²) in [7, 11) is 0. The first-order chi connectivity index (χ1) is 17.1. The van der Waals surface area contributed by atoms with Gasteiger partial charge in [-0.3, -0.25) is 4.79 Å². The maximum absolute atomic E-state index is 12.3. The summed E-state index contributed by atoms with van der Waals surface area (Å²) in [5.41, 5.74) is 9.14. The lowest BCUT2D eigenvalue weighted by atomic mass is 9.89. The molecule has 0 saturated carbocycles. The average Bonchev–Trinajstić information content (AvgIpc) is 2.84. The van der Waals surface area contributed by atoms with Crippen LogP contribution in [0.5, 0.6) is 0 Å². The van der Waals surface area contributed by atoms with Crippen molar-refractivity contribution in [1.29, 1.82) is 0 Å². The maximum Gasteiger partial charge on any atom is 0.410 e. The van der Waals surface area contributed by atoms with Gasteiger partial charge in [0, 0.05) is 38.4 Å². The van der Waals surface area contributed by atoms with Gasteiger partial charge in [0.1, 0.15) is 11.4 Å². The number of nitrogens with one attached hydrogen (secondary N) is 2. The smallest absolute Gasteiger partial charge is 0.410 e. The molecule has 1 aliphatic rings. The van der Waals surface area contributed by atoms with E-state index in [1.165, 1.54) is 11.8 Å². The van der Waals surface area contributed by atoms with Gasteiger partial charge in [0.25, 0.3) is 5.91 Å². The normalized spacial score (nSPS) is 14.4. The van der Waals surface area contributed by atoms with E-state index in [4.69, 9.17) is 15.7 Å². The summed E-state index contributed by atoms with van der Waals surface area (Å²) in [6.45, 7) is 10.4. The summed E-state index contributed by atoms with van der Waals surface area (Å²) in [6.07, 6.45) is 2.96. The predicted octanol–water partition coefficient (Wildman–Crippen LogP) is 3.24. The van der Waals surface area contributed by atoms with Gasteiger partial charge in [-0.05, 0) is 64.2 Å². The van der Waals surface area contributed by atoms with E-state index >= 15 is 0 Å². The van der Waals surface area contributed by atoms with Crippen LogP contribution in [-0.4, -0.2) is 70.4 Å². The predicted molar refractivity (Wildman–Crippen MR) is 138 cm³/mol. The van der Waals surface area contributed by atoms with Crippen molar-refractivity contribution >= 4 is 29.3 Å². The first-order valence-electron chi connectivity index (χ1n) is 12.2. The van der Waals surface area contributed by atoms with Crippen molar-refractivity contribution in [2.24, 2.45) is 5.73 Å². The van der Waals surface area contributed by atoms with Gasteiger partial charge < -0.3 is 30.8 Å². The van der Waals surface area contributed by atoms with Crippen LogP contribution in [0.3, 0.4) is 0 Å². The number of benzene rings is 1. The van der Waals surface area contributed by atoms with Crippen LogP contribution in [-0.2, 0) is 4.74 Å². The third-order valence-corrected chi connectivity index (χ3v) is 5.98. The number of primary amides is 1. The number of likely N-dealkylation sites (N-methyl/N-ethyl adjacent to an activating group) is 1. The van der Waals surface area contributed by atoms with Gasteiger partial charge in [0.15, 0.2) is 11.5 Å². The second-order valence-corrected chi connectivity index (χ2v) is 9.77. The van der Waals surface area contributed by atoms with E-state index < -0.39 is 11.5 Å². The van der Waals surface area contributed by atoms with E-state index in [0.29, 0.717) is 44.5 Å². The zero-order valence-electron chi connectivity index (χ0n) is 21.5. The molecule has 0 radical (unpaired) electrons. The monoisotopic (exact) mass is 499 g/mol. The number of likely N-dealkylation sites (tertiary alicyclic amines) is 1. The van der Waals surface area contributed by atoms with Gasteiger partial charge in [-0.15, -0.1) is 0 Å². The third kappa shape index (κ3) is 7.28. The van der Waals surface area contributed by atoms with Crippen molar-refractivity contribution in [2.75, 3.05) is 42.9 Å². The Morgan fingerprint density at radius 2 is 1.89 bits per heavy atom. The number of hydrogen-bond acceptors (Lipinski definition) is 9. The number of nitrogens with two attached hydrogens (primary N) is 1. The van der Waals surface area contributed by atoms with E-state index in [1.54, 1.807) is 4.90 Å². The molecular weight excluding hydrogens is 462 g/mol. The third-order valence-electron chi connectivity index (χ3n) is 5.98. The Morgan fingerprint density at radius 1 is 1.22 bits per heavy atom.